The Hall–Kier alpha value is -0.440. The number of nitrogens with zero attached hydrogens (tertiary/aromatic N) is 1. The van der Waals surface area contributed by atoms with E-state index in [1.807, 2.05) is 4.90 Å². The minimum atomic E-state index is 0.0142. The van der Waals surface area contributed by atoms with E-state index in [9.17, 15) is 4.79 Å². The quantitative estimate of drug-likeness (QED) is 0.633. The Labute approximate surface area is 85.3 Å². The molecule has 1 unspecified atom stereocenters. The summed E-state index contributed by atoms with van der Waals surface area (Å²) in [6, 6.07) is 0. The summed E-state index contributed by atoms with van der Waals surface area (Å²) in [4.78, 5) is 13.2. The first-order chi connectivity index (χ1) is 6.15. The Morgan fingerprint density at radius 2 is 2.31 bits per heavy atom. The van der Waals surface area contributed by atoms with Gasteiger partial charge in [-0.25, -0.2) is 0 Å². The maximum absolute atomic E-state index is 11.3. The highest BCUT2D eigenvalue weighted by molar-refractivity contribution is 7.80. The lowest BCUT2D eigenvalue weighted by Gasteiger charge is -2.33. The Balaban J connectivity index is 2.51. The molecule has 1 amide bonds. The molecule has 1 rings (SSSR count). The Morgan fingerprint density at radius 3 is 2.85 bits per heavy atom. The zero-order chi connectivity index (χ0) is 9.84. The molecule has 0 aromatic carbocycles. The molecule has 74 valence electrons. The highest BCUT2D eigenvalue weighted by atomic mass is 32.1. The molecule has 1 atom stereocenters. The first-order valence-electron chi connectivity index (χ1n) is 4.89. The van der Waals surface area contributed by atoms with E-state index in [0.717, 1.165) is 19.5 Å². The SMILES string of the molecule is CC(C)C1CCCN(C(=O)C=S)C1. The summed E-state index contributed by atoms with van der Waals surface area (Å²) in [7, 11) is 0. The lowest BCUT2D eigenvalue weighted by atomic mass is 9.88. The van der Waals surface area contributed by atoms with Gasteiger partial charge in [0.25, 0.3) is 5.91 Å². The second-order valence-corrected chi connectivity index (χ2v) is 4.28. The van der Waals surface area contributed by atoms with Gasteiger partial charge in [-0.2, -0.15) is 0 Å². The summed E-state index contributed by atoms with van der Waals surface area (Å²) in [6.07, 6.45) is 2.37. The standard InChI is InChI=1S/C10H17NOS/c1-8(2)9-4-3-5-11(6-9)10(12)7-13/h7-9H,3-6H2,1-2H3. The lowest BCUT2D eigenvalue weighted by molar-refractivity contribution is -0.125. The van der Waals surface area contributed by atoms with E-state index < -0.39 is 0 Å². The van der Waals surface area contributed by atoms with Gasteiger partial charge < -0.3 is 4.90 Å². The van der Waals surface area contributed by atoms with Crippen LogP contribution >= 0.6 is 12.2 Å². The molecule has 2 nitrogen and oxygen atoms in total. The third kappa shape index (κ3) is 2.76. The Morgan fingerprint density at radius 1 is 1.62 bits per heavy atom. The fourth-order valence-corrected chi connectivity index (χ4v) is 1.98. The van der Waals surface area contributed by atoms with Gasteiger partial charge in [0.05, 0.1) is 5.37 Å². The van der Waals surface area contributed by atoms with E-state index in [0.29, 0.717) is 11.8 Å². The van der Waals surface area contributed by atoms with Crippen LogP contribution in [-0.4, -0.2) is 29.3 Å². The van der Waals surface area contributed by atoms with E-state index in [1.165, 1.54) is 11.8 Å². The number of amides is 1. The van der Waals surface area contributed by atoms with Crippen molar-refractivity contribution in [3.05, 3.63) is 0 Å². The molecular weight excluding hydrogens is 182 g/mol. The molecule has 0 N–H and O–H groups in total. The number of hydrogen-bond acceptors (Lipinski definition) is 2. The predicted octanol–water partition coefficient (Wildman–Crippen LogP) is 1.88. The largest absolute Gasteiger partial charge is 0.338 e. The van der Waals surface area contributed by atoms with Crippen LogP contribution in [0.2, 0.25) is 0 Å². The van der Waals surface area contributed by atoms with Gasteiger partial charge in [0.2, 0.25) is 0 Å². The van der Waals surface area contributed by atoms with Crippen LogP contribution in [0.4, 0.5) is 0 Å². The second kappa shape index (κ2) is 4.70. The van der Waals surface area contributed by atoms with Crippen molar-refractivity contribution in [2.24, 2.45) is 11.8 Å². The van der Waals surface area contributed by atoms with Gasteiger partial charge in [-0.1, -0.05) is 26.1 Å². The summed E-state index contributed by atoms with van der Waals surface area (Å²) in [5, 5.41) is 1.25. The van der Waals surface area contributed by atoms with Crippen molar-refractivity contribution in [2.75, 3.05) is 13.1 Å². The Bertz CT molecular complexity index is 203. The van der Waals surface area contributed by atoms with Crippen LogP contribution in [0.1, 0.15) is 26.7 Å². The zero-order valence-electron chi connectivity index (χ0n) is 8.32. The van der Waals surface area contributed by atoms with Gasteiger partial charge in [0, 0.05) is 13.1 Å². The van der Waals surface area contributed by atoms with Crippen molar-refractivity contribution in [3.8, 4) is 0 Å². The van der Waals surface area contributed by atoms with Gasteiger partial charge in [0.15, 0.2) is 0 Å². The molecule has 13 heavy (non-hydrogen) atoms. The van der Waals surface area contributed by atoms with Crippen LogP contribution < -0.4 is 0 Å². The molecule has 0 spiro atoms. The molecule has 1 saturated heterocycles. The number of thiocarbonyl (C=S) groups is 1. The van der Waals surface area contributed by atoms with Gasteiger partial charge in [-0.15, -0.1) is 0 Å². The number of carbonyl (C=O) groups excluding carboxylic acids is 1. The van der Waals surface area contributed by atoms with Gasteiger partial charge >= 0.3 is 0 Å². The lowest BCUT2D eigenvalue weighted by Crippen LogP contribution is -2.41. The molecule has 1 fully saturated rings. The summed E-state index contributed by atoms with van der Waals surface area (Å²) >= 11 is 4.64. The third-order valence-corrected chi connectivity index (χ3v) is 3.01. The normalized spacial score (nSPS) is 23.3. The number of carbonyl (C=O) groups is 1. The molecule has 0 aromatic heterocycles. The van der Waals surface area contributed by atoms with Crippen LogP contribution in [0.5, 0.6) is 0 Å². The van der Waals surface area contributed by atoms with Crippen LogP contribution in [-0.2, 0) is 4.79 Å². The number of likely N-dealkylation sites (tertiary alicyclic amines) is 1. The van der Waals surface area contributed by atoms with Crippen LogP contribution in [0.25, 0.3) is 0 Å². The van der Waals surface area contributed by atoms with E-state index in [2.05, 4.69) is 26.1 Å². The van der Waals surface area contributed by atoms with Crippen molar-refractivity contribution in [2.45, 2.75) is 26.7 Å². The second-order valence-electron chi connectivity index (χ2n) is 4.05. The number of piperidine rings is 1. The van der Waals surface area contributed by atoms with Crippen molar-refractivity contribution in [3.63, 3.8) is 0 Å². The Kier molecular flexibility index (Phi) is 3.85. The molecule has 0 saturated carbocycles. The van der Waals surface area contributed by atoms with Gasteiger partial charge in [0.1, 0.15) is 0 Å². The van der Waals surface area contributed by atoms with Crippen LogP contribution in [0.3, 0.4) is 0 Å². The number of hydrogen-bond donors (Lipinski definition) is 0. The zero-order valence-corrected chi connectivity index (χ0v) is 9.14. The highest BCUT2D eigenvalue weighted by Gasteiger charge is 2.24. The smallest absolute Gasteiger partial charge is 0.257 e. The first-order valence-corrected chi connectivity index (χ1v) is 5.36. The summed E-state index contributed by atoms with van der Waals surface area (Å²) in [5.41, 5.74) is 0. The van der Waals surface area contributed by atoms with E-state index in [4.69, 9.17) is 0 Å². The van der Waals surface area contributed by atoms with E-state index in [1.54, 1.807) is 0 Å². The molecule has 0 radical (unpaired) electrons. The summed E-state index contributed by atoms with van der Waals surface area (Å²) in [5.74, 6) is 1.34. The molecule has 1 aliphatic heterocycles. The molecule has 0 aromatic rings. The minimum Gasteiger partial charge on any atom is -0.338 e. The minimum absolute atomic E-state index is 0.0142. The van der Waals surface area contributed by atoms with Crippen molar-refractivity contribution in [1.82, 2.24) is 4.90 Å². The van der Waals surface area contributed by atoms with E-state index in [-0.39, 0.29) is 5.91 Å². The molecule has 0 bridgehead atoms. The average molecular weight is 199 g/mol. The molecule has 1 aliphatic rings. The highest BCUT2D eigenvalue weighted by Crippen LogP contribution is 2.23. The fourth-order valence-electron chi connectivity index (χ4n) is 1.83. The molecular formula is C10H17NOS. The molecule has 0 aliphatic carbocycles. The summed E-state index contributed by atoms with van der Waals surface area (Å²) < 4.78 is 0. The number of rotatable bonds is 2. The average Bonchev–Trinajstić information content (AvgIpc) is 2.17. The van der Waals surface area contributed by atoms with E-state index >= 15 is 0 Å². The molecule has 1 heterocycles. The van der Waals surface area contributed by atoms with Crippen molar-refractivity contribution in [1.29, 1.82) is 0 Å². The van der Waals surface area contributed by atoms with Crippen LogP contribution in [0, 0.1) is 11.8 Å². The van der Waals surface area contributed by atoms with Crippen molar-refractivity contribution >= 4 is 23.5 Å². The van der Waals surface area contributed by atoms with Gasteiger partial charge in [-0.05, 0) is 24.7 Å². The summed E-state index contributed by atoms with van der Waals surface area (Å²) in [6.45, 7) is 6.21. The third-order valence-electron chi connectivity index (χ3n) is 2.81. The maximum Gasteiger partial charge on any atom is 0.257 e. The van der Waals surface area contributed by atoms with Crippen LogP contribution in [0.15, 0.2) is 0 Å². The fraction of sp³-hybridized carbons (Fsp3) is 0.800. The van der Waals surface area contributed by atoms with Gasteiger partial charge in [-0.3, -0.25) is 4.79 Å². The maximum atomic E-state index is 11.3. The topological polar surface area (TPSA) is 20.3 Å². The predicted molar refractivity (Wildman–Crippen MR) is 57.8 cm³/mol. The van der Waals surface area contributed by atoms with Crippen molar-refractivity contribution < 1.29 is 4.79 Å². The monoisotopic (exact) mass is 199 g/mol. The molecule has 3 heteroatoms. The first kappa shape index (κ1) is 10.6.